The van der Waals surface area contributed by atoms with Crippen LogP contribution < -0.4 is 0 Å². The fourth-order valence-corrected chi connectivity index (χ4v) is 0.858. The van der Waals surface area contributed by atoms with Gasteiger partial charge in [0.2, 0.25) is 0 Å². The maximum Gasteiger partial charge on any atom is 0.633 e. The van der Waals surface area contributed by atoms with Crippen LogP contribution in [0.1, 0.15) is 11.4 Å². The van der Waals surface area contributed by atoms with Gasteiger partial charge in [0.1, 0.15) is 23.5 Å². The van der Waals surface area contributed by atoms with Crippen LogP contribution in [0.25, 0.3) is 0 Å². The number of pyridine rings is 2. The molecule has 0 aromatic carbocycles. The van der Waals surface area contributed by atoms with Crippen LogP contribution in [0.5, 0.6) is 0 Å². The van der Waals surface area contributed by atoms with Crippen LogP contribution >= 0.6 is 0 Å². The van der Waals surface area contributed by atoms with Gasteiger partial charge in [-0.2, -0.15) is 10.5 Å². The average molecular weight is 284 g/mol. The van der Waals surface area contributed by atoms with Crippen molar-refractivity contribution in [2.45, 2.75) is 0 Å². The topological polar surface area (TPSA) is 123 Å². The minimum absolute atomic E-state index is 0.465. The first-order valence-electron chi connectivity index (χ1n) is 5.65. The monoisotopic (exact) mass is 284 g/mol. The van der Waals surface area contributed by atoms with E-state index in [0.29, 0.717) is 11.4 Å². The normalized spacial score (nSPS) is 7.86. The molecule has 0 aliphatic heterocycles. The fourth-order valence-electron chi connectivity index (χ4n) is 0.858. The van der Waals surface area contributed by atoms with Gasteiger partial charge in [0.05, 0.1) is 0 Å². The molecule has 2 N–H and O–H groups in total. The molecule has 0 aliphatic carbocycles. The Hall–Kier alpha value is -2.78. The predicted molar refractivity (Wildman–Crippen MR) is 75.1 cm³/mol. The summed E-state index contributed by atoms with van der Waals surface area (Å²) in [5, 5.41) is 31.8. The summed E-state index contributed by atoms with van der Waals surface area (Å²) in [6.07, 6.45) is 3.19. The first kappa shape index (κ1) is 18.2. The van der Waals surface area contributed by atoms with Gasteiger partial charge in [0.25, 0.3) is 0 Å². The van der Waals surface area contributed by atoms with Crippen LogP contribution in [-0.2, 0) is 4.65 Å². The minimum atomic E-state index is -1.62. The van der Waals surface area contributed by atoms with Crippen LogP contribution in [0.4, 0.5) is 0 Å². The van der Waals surface area contributed by atoms with Gasteiger partial charge in [-0.25, -0.2) is 9.97 Å². The lowest BCUT2D eigenvalue weighted by Crippen LogP contribution is -2.12. The minimum Gasteiger partial charge on any atom is -0.402 e. The highest BCUT2D eigenvalue weighted by atomic mass is 16.6. The van der Waals surface area contributed by atoms with Gasteiger partial charge in [-0.15, -0.1) is 0 Å². The molecule has 0 saturated heterocycles. The number of nitriles is 2. The Labute approximate surface area is 122 Å². The Kier molecular flexibility index (Phi) is 10.6. The smallest absolute Gasteiger partial charge is 0.402 e. The van der Waals surface area contributed by atoms with E-state index in [1.165, 1.54) is 7.11 Å². The highest BCUT2D eigenvalue weighted by Gasteiger charge is 2.00. The number of rotatable bonds is 1. The molecule has 0 radical (unpaired) electrons. The Balaban J connectivity index is 0.000000296. The maximum absolute atomic E-state index is 8.23. The Bertz CT molecular complexity index is 518. The van der Waals surface area contributed by atoms with E-state index in [1.807, 2.05) is 12.1 Å². The van der Waals surface area contributed by atoms with Crippen molar-refractivity contribution in [3.63, 3.8) is 0 Å². The molecule has 7 nitrogen and oxygen atoms in total. The molecule has 0 aliphatic rings. The van der Waals surface area contributed by atoms with E-state index >= 15 is 0 Å². The molecule has 2 heterocycles. The van der Waals surface area contributed by atoms with Crippen molar-refractivity contribution in [1.29, 1.82) is 10.5 Å². The van der Waals surface area contributed by atoms with Gasteiger partial charge in [-0.05, 0) is 24.3 Å². The lowest BCUT2D eigenvalue weighted by atomic mass is 10.3. The molecule has 2 aromatic heterocycles. The Morgan fingerprint density at radius 1 is 0.952 bits per heavy atom. The molecular formula is C13H13BN4O3. The zero-order chi connectivity index (χ0) is 15.9. The lowest BCUT2D eigenvalue weighted by molar-refractivity contribution is 0.229. The van der Waals surface area contributed by atoms with E-state index in [0.717, 1.165) is 0 Å². The zero-order valence-corrected chi connectivity index (χ0v) is 11.3. The van der Waals surface area contributed by atoms with E-state index in [4.69, 9.17) is 20.6 Å². The van der Waals surface area contributed by atoms with E-state index in [9.17, 15) is 0 Å². The van der Waals surface area contributed by atoms with Gasteiger partial charge < -0.3 is 14.7 Å². The predicted octanol–water partition coefficient (Wildman–Crippen LogP) is 0.509. The quantitative estimate of drug-likeness (QED) is 0.731. The molecular weight excluding hydrogens is 271 g/mol. The molecule has 2 aromatic rings. The van der Waals surface area contributed by atoms with Gasteiger partial charge in [0, 0.05) is 19.5 Å². The van der Waals surface area contributed by atoms with E-state index in [1.54, 1.807) is 48.8 Å². The number of aromatic nitrogens is 2. The second-order valence-electron chi connectivity index (χ2n) is 3.22. The summed E-state index contributed by atoms with van der Waals surface area (Å²) in [5.74, 6) is 0. The van der Waals surface area contributed by atoms with Crippen molar-refractivity contribution in [3.8, 4) is 12.1 Å². The third kappa shape index (κ3) is 10.8. The third-order valence-electron chi connectivity index (χ3n) is 1.77. The molecule has 2 rings (SSSR count). The fraction of sp³-hybridized carbons (Fsp3) is 0.0769. The standard InChI is InChI=1S/2C6H4N2.CH5BO3/c2*7-5-6-3-1-2-4-8-6;1-5-2(3)4/h2*1-4H;3-4H,1H3. The van der Waals surface area contributed by atoms with E-state index < -0.39 is 7.32 Å². The Morgan fingerprint density at radius 2 is 1.33 bits per heavy atom. The van der Waals surface area contributed by atoms with E-state index in [2.05, 4.69) is 14.6 Å². The molecule has 0 amide bonds. The largest absolute Gasteiger partial charge is 0.633 e. The average Bonchev–Trinajstić information content (AvgIpc) is 2.57. The van der Waals surface area contributed by atoms with Crippen LogP contribution in [-0.4, -0.2) is 34.4 Å². The highest BCUT2D eigenvalue weighted by Crippen LogP contribution is 1.87. The first-order valence-corrected chi connectivity index (χ1v) is 5.65. The van der Waals surface area contributed by atoms with Crippen LogP contribution in [0.2, 0.25) is 0 Å². The summed E-state index contributed by atoms with van der Waals surface area (Å²) in [5.41, 5.74) is 0.931. The molecule has 0 saturated carbocycles. The van der Waals surface area contributed by atoms with Crippen LogP contribution in [0, 0.1) is 22.7 Å². The molecule has 21 heavy (non-hydrogen) atoms. The van der Waals surface area contributed by atoms with E-state index in [-0.39, 0.29) is 0 Å². The van der Waals surface area contributed by atoms with Crippen LogP contribution in [0.15, 0.2) is 48.8 Å². The summed E-state index contributed by atoms with van der Waals surface area (Å²) in [6, 6.07) is 14.3. The molecule has 106 valence electrons. The molecule has 0 unspecified atom stereocenters. The molecule has 0 spiro atoms. The van der Waals surface area contributed by atoms with Crippen LogP contribution in [0.3, 0.4) is 0 Å². The van der Waals surface area contributed by atoms with Crippen molar-refractivity contribution in [2.75, 3.05) is 7.11 Å². The summed E-state index contributed by atoms with van der Waals surface area (Å²) >= 11 is 0. The van der Waals surface area contributed by atoms with Crippen molar-refractivity contribution in [2.24, 2.45) is 0 Å². The van der Waals surface area contributed by atoms with Crippen molar-refractivity contribution in [3.05, 3.63) is 60.2 Å². The summed E-state index contributed by atoms with van der Waals surface area (Å²) < 4.78 is 3.86. The van der Waals surface area contributed by atoms with Crippen molar-refractivity contribution >= 4 is 7.32 Å². The lowest BCUT2D eigenvalue weighted by Gasteiger charge is -1.84. The zero-order valence-electron chi connectivity index (χ0n) is 11.3. The van der Waals surface area contributed by atoms with Crippen molar-refractivity contribution in [1.82, 2.24) is 9.97 Å². The summed E-state index contributed by atoms with van der Waals surface area (Å²) in [6.45, 7) is 0. The summed E-state index contributed by atoms with van der Waals surface area (Å²) in [7, 11) is -0.417. The van der Waals surface area contributed by atoms with Gasteiger partial charge in [-0.3, -0.25) is 0 Å². The number of nitrogens with zero attached hydrogens (tertiary/aromatic N) is 4. The third-order valence-corrected chi connectivity index (χ3v) is 1.77. The van der Waals surface area contributed by atoms with Crippen molar-refractivity contribution < 1.29 is 14.7 Å². The second-order valence-corrected chi connectivity index (χ2v) is 3.22. The maximum atomic E-state index is 8.23. The Morgan fingerprint density at radius 3 is 1.48 bits per heavy atom. The first-order chi connectivity index (χ1) is 10.1. The molecule has 0 bridgehead atoms. The number of hydrogen-bond donors (Lipinski definition) is 2. The second kappa shape index (κ2) is 12.3. The van der Waals surface area contributed by atoms with Gasteiger partial charge in [0.15, 0.2) is 0 Å². The van der Waals surface area contributed by atoms with Gasteiger partial charge in [-0.1, -0.05) is 12.1 Å². The highest BCUT2D eigenvalue weighted by molar-refractivity contribution is 6.32. The molecule has 0 fully saturated rings. The molecule has 8 heteroatoms. The van der Waals surface area contributed by atoms with Gasteiger partial charge >= 0.3 is 7.32 Å². The number of hydrogen-bond acceptors (Lipinski definition) is 7. The SMILES string of the molecule is COB(O)O.N#Cc1ccccn1.N#Cc1ccccn1. The molecule has 0 atom stereocenters. The summed E-state index contributed by atoms with van der Waals surface area (Å²) in [4.78, 5) is 7.47.